The molecule has 4 rings (SSSR count). The summed E-state index contributed by atoms with van der Waals surface area (Å²) in [5, 5.41) is 13.6. The Morgan fingerprint density at radius 3 is 2.80 bits per heavy atom. The molecule has 0 spiro atoms. The van der Waals surface area contributed by atoms with Crippen LogP contribution in [0, 0.1) is 5.92 Å². The molecule has 7 nitrogen and oxygen atoms in total. The molecule has 1 aromatic heterocycles. The van der Waals surface area contributed by atoms with E-state index in [0.29, 0.717) is 19.1 Å². The molecule has 2 aromatic rings. The number of methoxy groups -OCH3 is 1. The van der Waals surface area contributed by atoms with Crippen molar-refractivity contribution < 1.29 is 19.4 Å². The van der Waals surface area contributed by atoms with Gasteiger partial charge in [-0.2, -0.15) is 5.10 Å². The highest BCUT2D eigenvalue weighted by atomic mass is 16.5. The molecule has 7 heteroatoms. The maximum atomic E-state index is 12.5. The number of nitrogens with zero attached hydrogens (tertiary/aromatic N) is 3. The molecule has 1 aliphatic carbocycles. The number of carbonyl (C=O) groups excluding carboxylic acids is 1. The van der Waals surface area contributed by atoms with Gasteiger partial charge in [0.15, 0.2) is 0 Å². The number of amides is 1. The van der Waals surface area contributed by atoms with Crippen LogP contribution in [0.1, 0.15) is 44.6 Å². The molecule has 1 N–H and O–H groups in total. The lowest BCUT2D eigenvalue weighted by atomic mass is 9.92. The van der Waals surface area contributed by atoms with Crippen molar-refractivity contribution in [1.29, 1.82) is 0 Å². The first kappa shape index (κ1) is 20.7. The third kappa shape index (κ3) is 4.03. The van der Waals surface area contributed by atoms with Crippen molar-refractivity contribution in [2.45, 2.75) is 58.0 Å². The summed E-state index contributed by atoms with van der Waals surface area (Å²) in [5.41, 5.74) is 3.86. The van der Waals surface area contributed by atoms with Crippen molar-refractivity contribution in [1.82, 2.24) is 9.78 Å². The number of anilines is 1. The van der Waals surface area contributed by atoms with Crippen LogP contribution in [-0.2, 0) is 17.7 Å². The predicted molar refractivity (Wildman–Crippen MR) is 115 cm³/mol. The van der Waals surface area contributed by atoms with Crippen molar-refractivity contribution in [2.75, 3.05) is 25.2 Å². The van der Waals surface area contributed by atoms with Gasteiger partial charge in [-0.25, -0.2) is 4.79 Å². The van der Waals surface area contributed by atoms with Crippen molar-refractivity contribution in [3.05, 3.63) is 30.1 Å². The molecule has 1 atom stereocenters. The van der Waals surface area contributed by atoms with Crippen LogP contribution >= 0.6 is 0 Å². The second-order valence-electron chi connectivity index (χ2n) is 8.34. The van der Waals surface area contributed by atoms with Crippen molar-refractivity contribution >= 4 is 11.8 Å². The predicted octanol–water partition coefficient (Wildman–Crippen LogP) is 4.02. The number of aliphatic hydroxyl groups excluding tert-OH is 1. The van der Waals surface area contributed by atoms with Gasteiger partial charge >= 0.3 is 6.09 Å². The molecule has 1 saturated carbocycles. The number of hydrogen-bond acceptors (Lipinski definition) is 5. The molecule has 162 valence electrons. The fraction of sp³-hybridized carbons (Fsp3) is 0.565. The number of benzene rings is 1. The molecule has 30 heavy (non-hydrogen) atoms. The van der Waals surface area contributed by atoms with E-state index < -0.39 is 0 Å². The molecule has 1 unspecified atom stereocenters. The van der Waals surface area contributed by atoms with Gasteiger partial charge in [0.2, 0.25) is 0 Å². The minimum atomic E-state index is -0.339. The highest BCUT2D eigenvalue weighted by molar-refractivity contribution is 5.92. The van der Waals surface area contributed by atoms with Gasteiger partial charge in [-0.15, -0.1) is 0 Å². The van der Waals surface area contributed by atoms with E-state index in [4.69, 9.17) is 9.47 Å². The van der Waals surface area contributed by atoms with E-state index in [1.54, 1.807) is 9.58 Å². The van der Waals surface area contributed by atoms with Crippen LogP contribution in [-0.4, -0.2) is 47.3 Å². The Kier molecular flexibility index (Phi) is 6.27. The number of fused-ring (bicyclic) bond motifs is 1. The summed E-state index contributed by atoms with van der Waals surface area (Å²) in [5.74, 6) is 1.44. The maximum absolute atomic E-state index is 12.5. The Morgan fingerprint density at radius 2 is 2.07 bits per heavy atom. The quantitative estimate of drug-likeness (QED) is 0.774. The van der Waals surface area contributed by atoms with Gasteiger partial charge in [0.05, 0.1) is 38.8 Å². The minimum Gasteiger partial charge on any atom is -0.492 e. The van der Waals surface area contributed by atoms with Crippen molar-refractivity contribution in [3.63, 3.8) is 0 Å². The Hall–Kier alpha value is -2.54. The molecule has 0 saturated heterocycles. The fourth-order valence-corrected chi connectivity index (χ4v) is 4.68. The Balaban J connectivity index is 1.74. The zero-order valence-electron chi connectivity index (χ0n) is 17.8. The number of ether oxygens (including phenoxy) is 2. The van der Waals surface area contributed by atoms with E-state index in [1.807, 2.05) is 31.5 Å². The van der Waals surface area contributed by atoms with Crippen LogP contribution in [0.25, 0.3) is 11.1 Å². The van der Waals surface area contributed by atoms with Gasteiger partial charge in [0, 0.05) is 28.9 Å². The van der Waals surface area contributed by atoms with Gasteiger partial charge < -0.3 is 14.6 Å². The Morgan fingerprint density at radius 1 is 1.27 bits per heavy atom. The van der Waals surface area contributed by atoms with Crippen LogP contribution in [0.2, 0.25) is 0 Å². The number of aromatic nitrogens is 2. The first-order valence-electron chi connectivity index (χ1n) is 10.9. The van der Waals surface area contributed by atoms with Gasteiger partial charge in [-0.3, -0.25) is 9.58 Å². The van der Waals surface area contributed by atoms with Crippen LogP contribution < -0.4 is 9.64 Å². The molecular weight excluding hydrogens is 382 g/mol. The molecule has 1 fully saturated rings. The van der Waals surface area contributed by atoms with Crippen LogP contribution in [0.5, 0.6) is 5.75 Å². The smallest absolute Gasteiger partial charge is 0.414 e. The second-order valence-corrected chi connectivity index (χ2v) is 8.34. The summed E-state index contributed by atoms with van der Waals surface area (Å²) in [6.45, 7) is 3.24. The van der Waals surface area contributed by atoms with Crippen LogP contribution in [0.15, 0.2) is 24.5 Å². The summed E-state index contributed by atoms with van der Waals surface area (Å²) in [4.78, 5) is 14.2. The maximum Gasteiger partial charge on any atom is 0.414 e. The van der Waals surface area contributed by atoms with E-state index in [2.05, 4.69) is 5.10 Å². The highest BCUT2D eigenvalue weighted by Crippen LogP contribution is 2.43. The van der Waals surface area contributed by atoms with Crippen LogP contribution in [0.4, 0.5) is 10.5 Å². The third-order valence-electron chi connectivity index (χ3n) is 6.33. The zero-order chi connectivity index (χ0) is 21.1. The molecule has 2 heterocycles. The van der Waals surface area contributed by atoms with Gasteiger partial charge in [-0.1, -0.05) is 12.8 Å². The van der Waals surface area contributed by atoms with Crippen molar-refractivity contribution in [3.8, 4) is 16.9 Å². The fourth-order valence-electron chi connectivity index (χ4n) is 4.68. The summed E-state index contributed by atoms with van der Waals surface area (Å²) in [7, 11) is 1.42. The summed E-state index contributed by atoms with van der Waals surface area (Å²) < 4.78 is 13.3. The monoisotopic (exact) mass is 413 g/mol. The summed E-state index contributed by atoms with van der Waals surface area (Å²) in [6.07, 6.45) is 10.1. The SMILES string of the molecule is COC(=O)N1c2ccc(-c3cnn(CCO)c3)c(OCC3CCCC3)c2CCC1C. The first-order valence-corrected chi connectivity index (χ1v) is 10.9. The number of hydrogen-bond donors (Lipinski definition) is 1. The van der Waals surface area contributed by atoms with E-state index in [9.17, 15) is 9.90 Å². The average molecular weight is 414 g/mol. The molecule has 2 aliphatic rings. The Bertz CT molecular complexity index is 889. The van der Waals surface area contributed by atoms with E-state index in [1.165, 1.54) is 32.8 Å². The molecular formula is C23H31N3O4. The number of aliphatic hydroxyl groups is 1. The summed E-state index contributed by atoms with van der Waals surface area (Å²) in [6, 6.07) is 4.07. The van der Waals surface area contributed by atoms with E-state index in [-0.39, 0.29) is 18.7 Å². The lowest BCUT2D eigenvalue weighted by Gasteiger charge is -2.35. The van der Waals surface area contributed by atoms with Gasteiger partial charge in [-0.05, 0) is 50.7 Å². The van der Waals surface area contributed by atoms with E-state index in [0.717, 1.165) is 41.0 Å². The molecule has 0 radical (unpaired) electrons. The van der Waals surface area contributed by atoms with Crippen molar-refractivity contribution in [2.24, 2.45) is 5.92 Å². The highest BCUT2D eigenvalue weighted by Gasteiger charge is 2.32. The Labute approximate surface area is 177 Å². The standard InChI is InChI=1S/C23H31N3O4/c1-16-7-8-20-21(26(16)23(28)29-2)10-9-19(18-13-24-25(14-18)11-12-27)22(20)30-15-17-5-3-4-6-17/h9-10,13-14,16-17,27H,3-8,11-12,15H2,1-2H3. The normalized spacial score (nSPS) is 19.0. The lowest BCUT2D eigenvalue weighted by Crippen LogP contribution is -2.42. The lowest BCUT2D eigenvalue weighted by molar-refractivity contribution is 0.175. The zero-order valence-corrected chi connectivity index (χ0v) is 17.8. The average Bonchev–Trinajstić information content (AvgIpc) is 3.43. The minimum absolute atomic E-state index is 0.0440. The largest absolute Gasteiger partial charge is 0.492 e. The molecule has 1 aliphatic heterocycles. The van der Waals surface area contributed by atoms with Gasteiger partial charge in [0.1, 0.15) is 5.75 Å². The third-order valence-corrected chi connectivity index (χ3v) is 6.33. The molecule has 1 amide bonds. The van der Waals surface area contributed by atoms with Gasteiger partial charge in [0.25, 0.3) is 0 Å². The first-order chi connectivity index (χ1) is 14.6. The molecule has 0 bridgehead atoms. The number of carbonyl (C=O) groups is 1. The van der Waals surface area contributed by atoms with E-state index >= 15 is 0 Å². The summed E-state index contributed by atoms with van der Waals surface area (Å²) >= 11 is 0. The molecule has 1 aromatic carbocycles. The second kappa shape index (κ2) is 9.08. The topological polar surface area (TPSA) is 76.8 Å². The number of rotatable bonds is 6. The van der Waals surface area contributed by atoms with Crippen LogP contribution in [0.3, 0.4) is 0 Å².